The van der Waals surface area contributed by atoms with Crippen LogP contribution in [0, 0.1) is 11.3 Å². The van der Waals surface area contributed by atoms with Crippen LogP contribution in [0.1, 0.15) is 30.5 Å². The first-order chi connectivity index (χ1) is 14.5. The van der Waals surface area contributed by atoms with E-state index in [9.17, 15) is 10.1 Å². The maximum atomic E-state index is 12.5. The molecule has 1 fully saturated rings. The van der Waals surface area contributed by atoms with Gasteiger partial charge in [-0.05, 0) is 19.4 Å². The molecule has 2 aliphatic rings. The standard InChI is InChI=1S/C23H25N3O4/c1-23(2)12-17-18(13-24)22(29-15-20(27)26-8-10-28-11-9-26)25-21(19(17)14-30-23)16-6-4-3-5-7-16/h3-7H,8-12,14-15H2,1-2H3. The van der Waals surface area contributed by atoms with Crippen LogP contribution >= 0.6 is 0 Å². The van der Waals surface area contributed by atoms with Gasteiger partial charge in [-0.2, -0.15) is 5.26 Å². The van der Waals surface area contributed by atoms with E-state index in [2.05, 4.69) is 11.1 Å². The molecule has 0 saturated carbocycles. The summed E-state index contributed by atoms with van der Waals surface area (Å²) in [4.78, 5) is 18.9. The van der Waals surface area contributed by atoms with Gasteiger partial charge in [-0.25, -0.2) is 4.98 Å². The molecule has 156 valence electrons. The van der Waals surface area contributed by atoms with Gasteiger partial charge in [-0.3, -0.25) is 4.79 Å². The molecule has 2 aliphatic heterocycles. The minimum atomic E-state index is -0.394. The van der Waals surface area contributed by atoms with Crippen molar-refractivity contribution in [1.82, 2.24) is 9.88 Å². The summed E-state index contributed by atoms with van der Waals surface area (Å²) < 4.78 is 17.1. The van der Waals surface area contributed by atoms with Gasteiger partial charge in [-0.15, -0.1) is 0 Å². The molecule has 2 aromatic rings. The van der Waals surface area contributed by atoms with Crippen LogP contribution in [-0.2, 0) is 27.3 Å². The zero-order chi connectivity index (χ0) is 21.1. The molecule has 1 amide bonds. The maximum Gasteiger partial charge on any atom is 0.260 e. The highest BCUT2D eigenvalue weighted by atomic mass is 16.5. The Labute approximate surface area is 176 Å². The largest absolute Gasteiger partial charge is 0.467 e. The Bertz CT molecular complexity index is 976. The van der Waals surface area contributed by atoms with Crippen LogP contribution in [0.4, 0.5) is 0 Å². The summed E-state index contributed by atoms with van der Waals surface area (Å²) in [5.41, 5.74) is 3.44. The molecule has 0 atom stereocenters. The van der Waals surface area contributed by atoms with E-state index >= 15 is 0 Å². The van der Waals surface area contributed by atoms with Crippen LogP contribution in [0.15, 0.2) is 30.3 Å². The maximum absolute atomic E-state index is 12.5. The average Bonchev–Trinajstić information content (AvgIpc) is 2.77. The van der Waals surface area contributed by atoms with Crippen molar-refractivity contribution in [2.75, 3.05) is 32.9 Å². The predicted octanol–water partition coefficient (Wildman–Crippen LogP) is 2.71. The van der Waals surface area contributed by atoms with Gasteiger partial charge >= 0.3 is 0 Å². The predicted molar refractivity (Wildman–Crippen MR) is 110 cm³/mol. The zero-order valence-corrected chi connectivity index (χ0v) is 17.3. The van der Waals surface area contributed by atoms with Crippen LogP contribution in [0.2, 0.25) is 0 Å². The van der Waals surface area contributed by atoms with Crippen molar-refractivity contribution in [1.29, 1.82) is 5.26 Å². The molecular formula is C23H25N3O4. The summed E-state index contributed by atoms with van der Waals surface area (Å²) >= 11 is 0. The molecule has 7 nitrogen and oxygen atoms in total. The summed E-state index contributed by atoms with van der Waals surface area (Å²) in [7, 11) is 0. The van der Waals surface area contributed by atoms with Crippen molar-refractivity contribution < 1.29 is 19.0 Å². The highest BCUT2D eigenvalue weighted by Gasteiger charge is 2.33. The SMILES string of the molecule is CC1(C)Cc2c(C#N)c(OCC(=O)N3CCOCC3)nc(-c3ccccc3)c2CO1. The number of nitrogens with zero attached hydrogens (tertiary/aromatic N) is 3. The van der Waals surface area contributed by atoms with Gasteiger partial charge in [0.05, 0.1) is 31.1 Å². The first-order valence-corrected chi connectivity index (χ1v) is 10.1. The van der Waals surface area contributed by atoms with Gasteiger partial charge in [0.1, 0.15) is 11.6 Å². The Morgan fingerprint density at radius 2 is 1.97 bits per heavy atom. The van der Waals surface area contributed by atoms with Crippen LogP contribution in [0.5, 0.6) is 5.88 Å². The summed E-state index contributed by atoms with van der Waals surface area (Å²) in [6.45, 7) is 6.37. The van der Waals surface area contributed by atoms with Gasteiger partial charge in [0, 0.05) is 30.6 Å². The van der Waals surface area contributed by atoms with Gasteiger partial charge in [0.2, 0.25) is 5.88 Å². The fraction of sp³-hybridized carbons (Fsp3) is 0.435. The fourth-order valence-corrected chi connectivity index (χ4v) is 3.83. The van der Waals surface area contributed by atoms with Crippen LogP contribution in [0.25, 0.3) is 11.3 Å². The number of nitriles is 1. The smallest absolute Gasteiger partial charge is 0.260 e. The van der Waals surface area contributed by atoms with Crippen LogP contribution in [0.3, 0.4) is 0 Å². The van der Waals surface area contributed by atoms with E-state index in [-0.39, 0.29) is 18.4 Å². The van der Waals surface area contributed by atoms with E-state index in [1.165, 1.54) is 0 Å². The monoisotopic (exact) mass is 407 g/mol. The number of carbonyl (C=O) groups is 1. The minimum absolute atomic E-state index is 0.133. The Morgan fingerprint density at radius 1 is 1.23 bits per heavy atom. The molecule has 0 bridgehead atoms. The van der Waals surface area contributed by atoms with Gasteiger partial charge in [-0.1, -0.05) is 30.3 Å². The first-order valence-electron chi connectivity index (χ1n) is 10.1. The molecule has 1 aromatic carbocycles. The number of amides is 1. The second kappa shape index (κ2) is 8.42. The summed E-state index contributed by atoms with van der Waals surface area (Å²) in [5, 5.41) is 9.90. The van der Waals surface area contributed by atoms with Crippen molar-refractivity contribution in [3.8, 4) is 23.2 Å². The van der Waals surface area contributed by atoms with Crippen molar-refractivity contribution in [3.63, 3.8) is 0 Å². The molecule has 0 N–H and O–H groups in total. The molecule has 30 heavy (non-hydrogen) atoms. The number of fused-ring (bicyclic) bond motifs is 1. The minimum Gasteiger partial charge on any atom is -0.467 e. The first kappa shape index (κ1) is 20.3. The number of ether oxygens (including phenoxy) is 3. The summed E-state index contributed by atoms with van der Waals surface area (Å²) in [6.07, 6.45) is 0.571. The van der Waals surface area contributed by atoms with E-state index < -0.39 is 5.60 Å². The molecule has 0 spiro atoms. The second-order valence-corrected chi connectivity index (χ2v) is 8.08. The van der Waals surface area contributed by atoms with Gasteiger partial charge < -0.3 is 19.1 Å². The second-order valence-electron chi connectivity index (χ2n) is 8.08. The normalized spacial score (nSPS) is 17.7. The molecule has 3 heterocycles. The van der Waals surface area contributed by atoms with E-state index in [0.717, 1.165) is 22.4 Å². The topological polar surface area (TPSA) is 84.7 Å². The quantitative estimate of drug-likeness (QED) is 0.775. The average molecular weight is 407 g/mol. The zero-order valence-electron chi connectivity index (χ0n) is 17.3. The number of carbonyl (C=O) groups excluding carboxylic acids is 1. The molecule has 4 rings (SSSR count). The lowest BCUT2D eigenvalue weighted by Crippen LogP contribution is -2.43. The molecule has 0 aliphatic carbocycles. The highest BCUT2D eigenvalue weighted by molar-refractivity contribution is 5.78. The van der Waals surface area contributed by atoms with Crippen LogP contribution < -0.4 is 4.74 Å². The van der Waals surface area contributed by atoms with Gasteiger partial charge in [0.15, 0.2) is 6.61 Å². The third-order valence-electron chi connectivity index (χ3n) is 5.44. The fourth-order valence-electron chi connectivity index (χ4n) is 3.83. The third-order valence-corrected chi connectivity index (χ3v) is 5.44. The van der Waals surface area contributed by atoms with Crippen molar-refractivity contribution in [2.24, 2.45) is 0 Å². The van der Waals surface area contributed by atoms with Crippen molar-refractivity contribution in [2.45, 2.75) is 32.5 Å². The number of hydrogen-bond donors (Lipinski definition) is 0. The number of morpholine rings is 1. The Morgan fingerprint density at radius 3 is 2.67 bits per heavy atom. The van der Waals surface area contributed by atoms with Crippen molar-refractivity contribution in [3.05, 3.63) is 47.0 Å². The Balaban J connectivity index is 1.70. The molecule has 7 heteroatoms. The number of hydrogen-bond acceptors (Lipinski definition) is 6. The van der Waals surface area contributed by atoms with Crippen LogP contribution in [-0.4, -0.2) is 54.3 Å². The van der Waals surface area contributed by atoms with Gasteiger partial charge in [0.25, 0.3) is 5.91 Å². The number of aromatic nitrogens is 1. The lowest BCUT2D eigenvalue weighted by molar-refractivity contribution is -0.137. The van der Waals surface area contributed by atoms with E-state index in [4.69, 9.17) is 14.2 Å². The molecule has 0 radical (unpaired) electrons. The highest BCUT2D eigenvalue weighted by Crippen LogP contribution is 2.38. The number of pyridine rings is 1. The van der Waals surface area contributed by atoms with Crippen molar-refractivity contribution >= 4 is 5.91 Å². The van der Waals surface area contributed by atoms with E-state index in [0.29, 0.717) is 44.9 Å². The Kier molecular flexibility index (Phi) is 5.71. The lowest BCUT2D eigenvalue weighted by Gasteiger charge is -2.33. The lowest BCUT2D eigenvalue weighted by atomic mass is 9.87. The summed E-state index contributed by atoms with van der Waals surface area (Å²) in [6, 6.07) is 12.0. The Hall–Kier alpha value is -2.95. The number of rotatable bonds is 4. The number of benzene rings is 1. The molecule has 1 saturated heterocycles. The van der Waals surface area contributed by atoms with E-state index in [1.807, 2.05) is 44.2 Å². The molecule has 0 unspecified atom stereocenters. The summed E-state index contributed by atoms with van der Waals surface area (Å²) in [5.74, 6) is 0.0704. The van der Waals surface area contributed by atoms with E-state index in [1.54, 1.807) is 4.90 Å². The molecule has 1 aromatic heterocycles. The molecular weight excluding hydrogens is 382 g/mol. The third kappa shape index (κ3) is 4.16.